The van der Waals surface area contributed by atoms with E-state index in [1.807, 2.05) is 18.3 Å². The number of hydrogen-bond acceptors (Lipinski definition) is 3. The van der Waals surface area contributed by atoms with Gasteiger partial charge in [-0.2, -0.15) is 0 Å². The highest BCUT2D eigenvalue weighted by Crippen LogP contribution is 2.42. The number of hydrogen-bond donors (Lipinski definition) is 1. The maximum absolute atomic E-state index is 5.89. The number of benzene rings is 2. The highest BCUT2D eigenvalue weighted by atomic mass is 79.9. The van der Waals surface area contributed by atoms with E-state index >= 15 is 0 Å². The first kappa shape index (κ1) is 22.6. The highest BCUT2D eigenvalue weighted by Gasteiger charge is 2.42. The van der Waals surface area contributed by atoms with E-state index in [-0.39, 0.29) is 12.1 Å². The minimum Gasteiger partial charge on any atom is -0.378 e. The van der Waals surface area contributed by atoms with Crippen molar-refractivity contribution in [1.82, 2.24) is 14.9 Å². The first-order valence-corrected chi connectivity index (χ1v) is 12.4. The molecule has 4 aromatic rings. The van der Waals surface area contributed by atoms with Crippen molar-refractivity contribution in [3.63, 3.8) is 0 Å². The molecule has 5 nitrogen and oxygen atoms in total. The van der Waals surface area contributed by atoms with Gasteiger partial charge in [0.1, 0.15) is 6.04 Å². The van der Waals surface area contributed by atoms with E-state index in [9.17, 15) is 0 Å². The average Bonchev–Trinajstić information content (AvgIpc) is 3.46. The average molecular weight is 533 g/mol. The van der Waals surface area contributed by atoms with Gasteiger partial charge < -0.3 is 19.7 Å². The Morgan fingerprint density at radius 3 is 2.41 bits per heavy atom. The number of aromatic nitrogens is 2. The Hall–Kier alpha value is -3.16. The third kappa shape index (κ3) is 4.10. The molecule has 2 aromatic heterocycles. The molecule has 1 saturated heterocycles. The molecule has 1 aliphatic rings. The van der Waals surface area contributed by atoms with Gasteiger partial charge in [-0.3, -0.25) is 4.98 Å². The van der Waals surface area contributed by atoms with Gasteiger partial charge in [0.2, 0.25) is 0 Å². The van der Waals surface area contributed by atoms with Gasteiger partial charge in [-0.25, -0.2) is 0 Å². The van der Waals surface area contributed by atoms with Crippen LogP contribution in [0.2, 0.25) is 0 Å². The molecular formula is C27H26BrN5S. The standard InChI is InChI=1S/C27H26BrN5S/c1-18-17-21(13-14-22(18)28)33-26(25(30-27(33)34)23-7-4-5-15-29-23)24-8-6-16-32(24)20-11-9-19(10-12-20)31(2)3/h4-17,25-26H,1-3H3,(H,30,34). The summed E-state index contributed by atoms with van der Waals surface area (Å²) in [6, 6.07) is 25.1. The van der Waals surface area contributed by atoms with E-state index in [1.54, 1.807) is 0 Å². The summed E-state index contributed by atoms with van der Waals surface area (Å²) >= 11 is 9.52. The molecule has 0 saturated carbocycles. The van der Waals surface area contributed by atoms with Crippen LogP contribution in [0.25, 0.3) is 5.69 Å². The summed E-state index contributed by atoms with van der Waals surface area (Å²) in [7, 11) is 4.10. The molecule has 3 heterocycles. The minimum absolute atomic E-state index is 0.0773. The van der Waals surface area contributed by atoms with Crippen LogP contribution in [0, 0.1) is 6.92 Å². The third-order valence-electron chi connectivity index (χ3n) is 6.25. The Kier molecular flexibility index (Phi) is 6.15. The van der Waals surface area contributed by atoms with E-state index in [4.69, 9.17) is 12.2 Å². The Balaban J connectivity index is 1.64. The number of rotatable bonds is 5. The molecule has 0 spiro atoms. The Bertz CT molecular complexity index is 1320. The van der Waals surface area contributed by atoms with Crippen LogP contribution < -0.4 is 15.1 Å². The summed E-state index contributed by atoms with van der Waals surface area (Å²) in [6.45, 7) is 2.10. The predicted octanol–water partition coefficient (Wildman–Crippen LogP) is 6.19. The molecular weight excluding hydrogens is 506 g/mol. The van der Waals surface area contributed by atoms with Gasteiger partial charge in [0, 0.05) is 53.7 Å². The van der Waals surface area contributed by atoms with Crippen LogP contribution in [0.5, 0.6) is 0 Å². The smallest absolute Gasteiger partial charge is 0.174 e. The van der Waals surface area contributed by atoms with Crippen molar-refractivity contribution in [3.8, 4) is 5.69 Å². The number of nitrogens with one attached hydrogen (secondary N) is 1. The molecule has 0 radical (unpaired) electrons. The fourth-order valence-corrected chi connectivity index (χ4v) is 5.09. The first-order valence-electron chi connectivity index (χ1n) is 11.2. The second-order valence-corrected chi connectivity index (χ2v) is 9.89. The monoisotopic (exact) mass is 531 g/mol. The molecule has 2 unspecified atom stereocenters. The van der Waals surface area contributed by atoms with E-state index in [0.29, 0.717) is 5.11 Å². The molecule has 0 bridgehead atoms. The number of aryl methyl sites for hydroxylation is 1. The van der Waals surface area contributed by atoms with E-state index < -0.39 is 0 Å². The van der Waals surface area contributed by atoms with Gasteiger partial charge in [-0.05, 0) is 91.4 Å². The fraction of sp³-hybridized carbons (Fsp3) is 0.185. The van der Waals surface area contributed by atoms with E-state index in [0.717, 1.165) is 32.8 Å². The van der Waals surface area contributed by atoms with E-state index in [2.05, 4.69) is 128 Å². The van der Waals surface area contributed by atoms with Crippen LogP contribution in [0.4, 0.5) is 11.4 Å². The lowest BCUT2D eigenvalue weighted by molar-refractivity contribution is 0.549. The number of nitrogens with zero attached hydrogens (tertiary/aromatic N) is 4. The molecule has 1 fully saturated rings. The summed E-state index contributed by atoms with van der Waals surface area (Å²) in [5.74, 6) is 0. The van der Waals surface area contributed by atoms with Crippen molar-refractivity contribution in [1.29, 1.82) is 0 Å². The first-order chi connectivity index (χ1) is 16.4. The van der Waals surface area contributed by atoms with Gasteiger partial charge in [0.05, 0.1) is 11.7 Å². The van der Waals surface area contributed by atoms with Gasteiger partial charge in [0.15, 0.2) is 5.11 Å². The largest absolute Gasteiger partial charge is 0.378 e. The van der Waals surface area contributed by atoms with Gasteiger partial charge in [0.25, 0.3) is 0 Å². The van der Waals surface area contributed by atoms with Crippen molar-refractivity contribution in [2.75, 3.05) is 23.9 Å². The van der Waals surface area contributed by atoms with Gasteiger partial charge >= 0.3 is 0 Å². The second-order valence-electron chi connectivity index (χ2n) is 8.64. The summed E-state index contributed by atoms with van der Waals surface area (Å²) in [4.78, 5) is 9.00. The van der Waals surface area contributed by atoms with Crippen molar-refractivity contribution in [2.24, 2.45) is 0 Å². The molecule has 7 heteroatoms. The van der Waals surface area contributed by atoms with Crippen LogP contribution in [0.3, 0.4) is 0 Å². The maximum atomic E-state index is 5.89. The molecule has 0 aliphatic carbocycles. The van der Waals surface area contributed by atoms with Crippen LogP contribution in [0.1, 0.15) is 29.0 Å². The number of pyridine rings is 1. The Morgan fingerprint density at radius 1 is 0.971 bits per heavy atom. The van der Waals surface area contributed by atoms with Crippen LogP contribution in [-0.4, -0.2) is 28.8 Å². The van der Waals surface area contributed by atoms with Gasteiger partial charge in [-0.15, -0.1) is 0 Å². The maximum Gasteiger partial charge on any atom is 0.174 e. The summed E-state index contributed by atoms with van der Waals surface area (Å²) in [5, 5.41) is 4.25. The zero-order chi connectivity index (χ0) is 23.8. The van der Waals surface area contributed by atoms with Crippen molar-refractivity contribution in [2.45, 2.75) is 19.0 Å². The normalized spacial score (nSPS) is 17.6. The molecule has 34 heavy (non-hydrogen) atoms. The molecule has 2 atom stereocenters. The van der Waals surface area contributed by atoms with Crippen LogP contribution in [0.15, 0.2) is 89.7 Å². The molecule has 172 valence electrons. The third-order valence-corrected chi connectivity index (χ3v) is 7.45. The molecule has 1 N–H and O–H groups in total. The lowest BCUT2D eigenvalue weighted by atomic mass is 10.0. The molecule has 0 amide bonds. The van der Waals surface area contributed by atoms with Crippen LogP contribution in [-0.2, 0) is 0 Å². The topological polar surface area (TPSA) is 36.3 Å². The number of anilines is 2. The molecule has 5 rings (SSSR count). The second kappa shape index (κ2) is 9.24. The fourth-order valence-electron chi connectivity index (χ4n) is 4.49. The Labute approximate surface area is 214 Å². The number of halogens is 1. The van der Waals surface area contributed by atoms with Crippen LogP contribution >= 0.6 is 28.1 Å². The molecule has 1 aliphatic heterocycles. The summed E-state index contributed by atoms with van der Waals surface area (Å²) in [6.07, 6.45) is 3.95. The lowest BCUT2D eigenvalue weighted by Gasteiger charge is -2.29. The predicted molar refractivity (Wildman–Crippen MR) is 147 cm³/mol. The van der Waals surface area contributed by atoms with Crippen molar-refractivity contribution >= 4 is 44.6 Å². The summed E-state index contributed by atoms with van der Waals surface area (Å²) in [5.41, 5.74) is 6.59. The highest BCUT2D eigenvalue weighted by molar-refractivity contribution is 9.10. The van der Waals surface area contributed by atoms with Gasteiger partial charge in [-0.1, -0.05) is 22.0 Å². The quantitative estimate of drug-likeness (QED) is 0.311. The lowest BCUT2D eigenvalue weighted by Crippen LogP contribution is -2.30. The Morgan fingerprint density at radius 2 is 1.74 bits per heavy atom. The number of thiocarbonyl (C=S) groups is 1. The van der Waals surface area contributed by atoms with Crippen molar-refractivity contribution in [3.05, 3.63) is 107 Å². The van der Waals surface area contributed by atoms with Crippen molar-refractivity contribution < 1.29 is 0 Å². The SMILES string of the molecule is Cc1cc(N2C(=S)NC(c3ccccn3)C2c2cccn2-c2ccc(N(C)C)cc2)ccc1Br. The summed E-state index contributed by atoms with van der Waals surface area (Å²) < 4.78 is 3.32. The molecule has 2 aromatic carbocycles. The van der Waals surface area contributed by atoms with E-state index in [1.165, 1.54) is 5.69 Å². The zero-order valence-corrected chi connectivity index (χ0v) is 21.7. The minimum atomic E-state index is -0.0904. The zero-order valence-electron chi connectivity index (χ0n) is 19.3.